The van der Waals surface area contributed by atoms with Crippen molar-refractivity contribution >= 4 is 11.6 Å². The Balaban J connectivity index is 1.52. The monoisotopic (exact) mass is 384 g/mol. The zero-order valence-corrected chi connectivity index (χ0v) is 17.6. The Kier molecular flexibility index (Phi) is 5.01. The molecular formula is C26H28N2O. The van der Waals surface area contributed by atoms with Crippen LogP contribution in [-0.4, -0.2) is 17.9 Å². The van der Waals surface area contributed by atoms with Gasteiger partial charge >= 0.3 is 0 Å². The third-order valence-electron chi connectivity index (χ3n) is 5.55. The summed E-state index contributed by atoms with van der Waals surface area (Å²) in [5.74, 6) is -0.0850. The summed E-state index contributed by atoms with van der Waals surface area (Å²) in [7, 11) is 2.14. The van der Waals surface area contributed by atoms with E-state index in [9.17, 15) is 4.79 Å². The Bertz CT molecular complexity index is 1050. The van der Waals surface area contributed by atoms with Gasteiger partial charge in [-0.15, -0.1) is 0 Å². The number of hydrogen-bond donors (Lipinski definition) is 1. The van der Waals surface area contributed by atoms with Crippen molar-refractivity contribution in [1.29, 1.82) is 0 Å². The van der Waals surface area contributed by atoms with Crippen LogP contribution in [0.2, 0.25) is 0 Å². The second-order valence-electron chi connectivity index (χ2n) is 9.02. The number of amides is 1. The van der Waals surface area contributed by atoms with Gasteiger partial charge in [0.15, 0.2) is 0 Å². The SMILES string of the molecule is CN1Cc2ccc(-c3cccc(NC(=O)c4ccc(C(C)(C)C)cc4)c3)cc2C1. The van der Waals surface area contributed by atoms with Crippen molar-refractivity contribution in [3.05, 3.63) is 89.0 Å². The van der Waals surface area contributed by atoms with Gasteiger partial charge in [0.1, 0.15) is 0 Å². The second kappa shape index (κ2) is 7.49. The molecule has 0 fully saturated rings. The van der Waals surface area contributed by atoms with E-state index in [4.69, 9.17) is 0 Å². The summed E-state index contributed by atoms with van der Waals surface area (Å²) >= 11 is 0. The molecule has 0 saturated carbocycles. The molecular weight excluding hydrogens is 356 g/mol. The molecule has 1 aliphatic heterocycles. The molecule has 0 saturated heterocycles. The number of nitrogens with one attached hydrogen (secondary N) is 1. The number of benzene rings is 3. The maximum Gasteiger partial charge on any atom is 0.255 e. The summed E-state index contributed by atoms with van der Waals surface area (Å²) in [6.45, 7) is 8.52. The highest BCUT2D eigenvalue weighted by molar-refractivity contribution is 6.04. The van der Waals surface area contributed by atoms with Gasteiger partial charge in [-0.1, -0.05) is 57.2 Å². The molecule has 0 spiro atoms. The maximum atomic E-state index is 12.7. The molecule has 0 unspecified atom stereocenters. The van der Waals surface area contributed by atoms with Crippen LogP contribution in [0.3, 0.4) is 0 Å². The summed E-state index contributed by atoms with van der Waals surface area (Å²) in [6, 6.07) is 22.6. The lowest BCUT2D eigenvalue weighted by molar-refractivity contribution is 0.102. The summed E-state index contributed by atoms with van der Waals surface area (Å²) in [4.78, 5) is 15.0. The zero-order valence-electron chi connectivity index (χ0n) is 17.6. The minimum atomic E-state index is -0.0850. The molecule has 1 heterocycles. The molecule has 3 aromatic carbocycles. The van der Waals surface area contributed by atoms with Crippen LogP contribution in [0, 0.1) is 0 Å². The standard InChI is InChI=1S/C26H28N2O/c1-26(2,3)23-12-10-18(11-13-23)25(29)27-24-7-5-6-19(15-24)20-8-9-21-16-28(4)17-22(21)14-20/h5-15H,16-17H2,1-4H3,(H,27,29). The molecule has 3 aromatic rings. The van der Waals surface area contributed by atoms with Gasteiger partial charge < -0.3 is 5.32 Å². The number of anilines is 1. The van der Waals surface area contributed by atoms with Gasteiger partial charge in [-0.2, -0.15) is 0 Å². The molecule has 148 valence electrons. The molecule has 0 atom stereocenters. The van der Waals surface area contributed by atoms with Crippen molar-refractivity contribution in [2.24, 2.45) is 0 Å². The van der Waals surface area contributed by atoms with Gasteiger partial charge in [-0.3, -0.25) is 9.69 Å². The van der Waals surface area contributed by atoms with Gasteiger partial charge in [0.05, 0.1) is 0 Å². The third-order valence-corrected chi connectivity index (χ3v) is 5.55. The summed E-state index contributed by atoms with van der Waals surface area (Å²) in [5, 5.41) is 3.04. The van der Waals surface area contributed by atoms with Crippen molar-refractivity contribution in [1.82, 2.24) is 4.90 Å². The lowest BCUT2D eigenvalue weighted by atomic mass is 9.87. The van der Waals surface area contributed by atoms with Crippen LogP contribution in [-0.2, 0) is 18.5 Å². The predicted octanol–water partition coefficient (Wildman–Crippen LogP) is 5.85. The van der Waals surface area contributed by atoms with Gasteiger partial charge in [-0.05, 0) is 70.6 Å². The Labute approximate surface area is 173 Å². The number of carbonyl (C=O) groups is 1. The second-order valence-corrected chi connectivity index (χ2v) is 9.02. The first kappa shape index (κ1) is 19.4. The normalized spacial score (nSPS) is 13.9. The molecule has 0 radical (unpaired) electrons. The van der Waals surface area contributed by atoms with E-state index in [0.717, 1.165) is 24.3 Å². The Morgan fingerprint density at radius 3 is 2.28 bits per heavy atom. The van der Waals surface area contributed by atoms with E-state index in [1.54, 1.807) is 0 Å². The van der Waals surface area contributed by atoms with E-state index in [-0.39, 0.29) is 11.3 Å². The van der Waals surface area contributed by atoms with Crippen LogP contribution < -0.4 is 5.32 Å². The van der Waals surface area contributed by atoms with E-state index in [1.165, 1.54) is 22.3 Å². The molecule has 3 heteroatoms. The van der Waals surface area contributed by atoms with E-state index in [1.807, 2.05) is 42.5 Å². The average Bonchev–Trinajstić information content (AvgIpc) is 3.07. The van der Waals surface area contributed by atoms with E-state index in [2.05, 4.69) is 62.3 Å². The first-order valence-corrected chi connectivity index (χ1v) is 10.1. The minimum absolute atomic E-state index is 0.0774. The molecule has 4 rings (SSSR count). The highest BCUT2D eigenvalue weighted by atomic mass is 16.1. The fraction of sp³-hybridized carbons (Fsp3) is 0.269. The Hall–Kier alpha value is -2.91. The fourth-order valence-corrected chi connectivity index (χ4v) is 3.85. The number of nitrogens with zero attached hydrogens (tertiary/aromatic N) is 1. The number of rotatable bonds is 3. The van der Waals surface area contributed by atoms with E-state index in [0.29, 0.717) is 5.56 Å². The number of fused-ring (bicyclic) bond motifs is 1. The quantitative estimate of drug-likeness (QED) is 0.614. The third kappa shape index (κ3) is 4.25. The van der Waals surface area contributed by atoms with Crippen molar-refractivity contribution < 1.29 is 4.79 Å². The van der Waals surface area contributed by atoms with Gasteiger partial charge in [-0.25, -0.2) is 0 Å². The predicted molar refractivity (Wildman–Crippen MR) is 120 cm³/mol. The molecule has 1 N–H and O–H groups in total. The molecule has 0 aromatic heterocycles. The minimum Gasteiger partial charge on any atom is -0.322 e. The van der Waals surface area contributed by atoms with Crippen LogP contribution >= 0.6 is 0 Å². The summed E-state index contributed by atoms with van der Waals surface area (Å²) in [6.07, 6.45) is 0. The zero-order chi connectivity index (χ0) is 20.6. The number of hydrogen-bond acceptors (Lipinski definition) is 2. The average molecular weight is 385 g/mol. The largest absolute Gasteiger partial charge is 0.322 e. The first-order chi connectivity index (χ1) is 13.8. The first-order valence-electron chi connectivity index (χ1n) is 10.1. The van der Waals surface area contributed by atoms with Gasteiger partial charge in [0.2, 0.25) is 0 Å². The molecule has 0 aliphatic carbocycles. The summed E-state index contributed by atoms with van der Waals surface area (Å²) in [5.41, 5.74) is 7.87. The van der Waals surface area contributed by atoms with E-state index >= 15 is 0 Å². The van der Waals surface area contributed by atoms with Gasteiger partial charge in [0.25, 0.3) is 5.91 Å². The Morgan fingerprint density at radius 1 is 0.862 bits per heavy atom. The van der Waals surface area contributed by atoms with Crippen LogP contribution in [0.4, 0.5) is 5.69 Å². The highest BCUT2D eigenvalue weighted by Crippen LogP contribution is 2.29. The fourth-order valence-electron chi connectivity index (χ4n) is 3.85. The number of carbonyl (C=O) groups excluding carboxylic acids is 1. The lowest BCUT2D eigenvalue weighted by Crippen LogP contribution is -2.14. The molecule has 3 nitrogen and oxygen atoms in total. The molecule has 0 bridgehead atoms. The smallest absolute Gasteiger partial charge is 0.255 e. The summed E-state index contributed by atoms with van der Waals surface area (Å²) < 4.78 is 0. The van der Waals surface area contributed by atoms with E-state index < -0.39 is 0 Å². The highest BCUT2D eigenvalue weighted by Gasteiger charge is 2.16. The topological polar surface area (TPSA) is 32.3 Å². The van der Waals surface area contributed by atoms with Crippen LogP contribution in [0.15, 0.2) is 66.7 Å². The molecule has 29 heavy (non-hydrogen) atoms. The van der Waals surface area contributed by atoms with Crippen molar-refractivity contribution in [2.45, 2.75) is 39.3 Å². The maximum absolute atomic E-state index is 12.7. The lowest BCUT2D eigenvalue weighted by Gasteiger charge is -2.19. The Morgan fingerprint density at radius 2 is 1.55 bits per heavy atom. The van der Waals surface area contributed by atoms with Gasteiger partial charge in [0, 0.05) is 24.3 Å². The van der Waals surface area contributed by atoms with Crippen molar-refractivity contribution in [2.75, 3.05) is 12.4 Å². The van der Waals surface area contributed by atoms with Crippen molar-refractivity contribution in [3.63, 3.8) is 0 Å². The van der Waals surface area contributed by atoms with Crippen LogP contribution in [0.5, 0.6) is 0 Å². The molecule has 1 aliphatic rings. The van der Waals surface area contributed by atoms with Crippen LogP contribution in [0.25, 0.3) is 11.1 Å². The molecule has 1 amide bonds. The van der Waals surface area contributed by atoms with Crippen molar-refractivity contribution in [3.8, 4) is 11.1 Å². The van der Waals surface area contributed by atoms with Crippen LogP contribution in [0.1, 0.15) is 47.8 Å².